The Bertz CT molecular complexity index is 1090. The van der Waals surface area contributed by atoms with Crippen molar-refractivity contribution in [3.63, 3.8) is 0 Å². The molecule has 0 saturated heterocycles. The summed E-state index contributed by atoms with van der Waals surface area (Å²) in [5.41, 5.74) is 3.10. The van der Waals surface area contributed by atoms with E-state index in [9.17, 15) is 9.59 Å². The molecular formula is C23H23N5O2S. The number of nitriles is 1. The van der Waals surface area contributed by atoms with Gasteiger partial charge in [-0.3, -0.25) is 19.5 Å². The van der Waals surface area contributed by atoms with Crippen molar-refractivity contribution < 1.29 is 9.59 Å². The van der Waals surface area contributed by atoms with Crippen LogP contribution in [0.15, 0.2) is 54.2 Å². The lowest BCUT2D eigenvalue weighted by Gasteiger charge is -2.21. The summed E-state index contributed by atoms with van der Waals surface area (Å²) >= 11 is 1.53. The number of hydrogen-bond donors (Lipinski definition) is 1. The summed E-state index contributed by atoms with van der Waals surface area (Å²) in [4.78, 5) is 34.8. The van der Waals surface area contributed by atoms with E-state index in [2.05, 4.69) is 15.3 Å². The quantitative estimate of drug-likeness (QED) is 0.449. The topological polar surface area (TPSA) is 99.0 Å². The molecule has 3 rings (SSSR count). The number of rotatable bonds is 7. The molecule has 8 heteroatoms. The standard InChI is InChI=1S/C23H23N5O2S/c1-15(2)11-19(23(30)28(3)14-24)26-21(29)17-8-6-16(7-9-17)20-13-31-22(27-20)18-5-4-10-25-12-18/h4-10,12-13,15,19H,11H2,1-3H3,(H,26,29)/t19-/m0/s1. The predicted octanol–water partition coefficient (Wildman–Crippen LogP) is 3.96. The predicted molar refractivity (Wildman–Crippen MR) is 120 cm³/mol. The number of carbonyl (C=O) groups excluding carboxylic acids is 2. The maximum absolute atomic E-state index is 12.7. The summed E-state index contributed by atoms with van der Waals surface area (Å²) in [6.07, 6.45) is 5.74. The van der Waals surface area contributed by atoms with Crippen LogP contribution < -0.4 is 5.32 Å². The number of nitrogens with one attached hydrogen (secondary N) is 1. The van der Waals surface area contributed by atoms with Crippen LogP contribution in [0.1, 0.15) is 30.6 Å². The molecule has 1 atom stereocenters. The van der Waals surface area contributed by atoms with Gasteiger partial charge in [-0.2, -0.15) is 5.26 Å². The second-order valence-electron chi connectivity index (χ2n) is 7.51. The summed E-state index contributed by atoms with van der Waals surface area (Å²) in [7, 11) is 1.39. The molecule has 1 aromatic carbocycles. The molecule has 2 heterocycles. The van der Waals surface area contributed by atoms with Gasteiger partial charge in [0.2, 0.25) is 0 Å². The molecule has 0 radical (unpaired) electrons. The molecule has 0 spiro atoms. The van der Waals surface area contributed by atoms with Crippen molar-refractivity contribution in [1.82, 2.24) is 20.2 Å². The summed E-state index contributed by atoms with van der Waals surface area (Å²) in [5, 5.41) is 14.6. The monoisotopic (exact) mass is 433 g/mol. The number of thiazole rings is 1. The van der Waals surface area contributed by atoms with Crippen LogP contribution in [-0.4, -0.2) is 39.8 Å². The molecule has 0 unspecified atom stereocenters. The fraction of sp³-hybridized carbons (Fsp3) is 0.261. The van der Waals surface area contributed by atoms with Crippen LogP contribution in [0.4, 0.5) is 0 Å². The SMILES string of the molecule is CC(C)C[C@H](NC(=O)c1ccc(-c2csc(-c3cccnc3)n2)cc1)C(=O)N(C)C#N. The van der Waals surface area contributed by atoms with E-state index >= 15 is 0 Å². The molecule has 3 aromatic rings. The maximum Gasteiger partial charge on any atom is 0.257 e. The number of nitrogens with zero attached hydrogens (tertiary/aromatic N) is 4. The van der Waals surface area contributed by atoms with Crippen LogP contribution in [-0.2, 0) is 4.79 Å². The zero-order valence-electron chi connectivity index (χ0n) is 17.6. The first-order valence-electron chi connectivity index (χ1n) is 9.83. The second kappa shape index (κ2) is 9.96. The Morgan fingerprint density at radius 1 is 1.19 bits per heavy atom. The lowest BCUT2D eigenvalue weighted by atomic mass is 10.0. The van der Waals surface area contributed by atoms with E-state index in [4.69, 9.17) is 5.26 Å². The third kappa shape index (κ3) is 5.53. The maximum atomic E-state index is 12.7. The van der Waals surface area contributed by atoms with Crippen molar-refractivity contribution in [2.75, 3.05) is 7.05 Å². The molecule has 0 fully saturated rings. The van der Waals surface area contributed by atoms with Crippen molar-refractivity contribution >= 4 is 23.2 Å². The fourth-order valence-electron chi connectivity index (χ4n) is 3.04. The number of pyridine rings is 1. The average molecular weight is 434 g/mol. The molecule has 2 amide bonds. The number of aromatic nitrogens is 2. The van der Waals surface area contributed by atoms with E-state index in [1.54, 1.807) is 30.7 Å². The van der Waals surface area contributed by atoms with Crippen LogP contribution in [0.5, 0.6) is 0 Å². The Hall–Kier alpha value is -3.57. The first-order valence-corrected chi connectivity index (χ1v) is 10.7. The highest BCUT2D eigenvalue weighted by atomic mass is 32.1. The van der Waals surface area contributed by atoms with Gasteiger partial charge in [-0.05, 0) is 36.6 Å². The van der Waals surface area contributed by atoms with E-state index < -0.39 is 11.9 Å². The zero-order chi connectivity index (χ0) is 22.4. The van der Waals surface area contributed by atoms with Gasteiger partial charge in [0.05, 0.1) is 5.69 Å². The van der Waals surface area contributed by atoms with E-state index in [1.165, 1.54) is 18.4 Å². The van der Waals surface area contributed by atoms with Crippen LogP contribution in [0.2, 0.25) is 0 Å². The molecule has 7 nitrogen and oxygen atoms in total. The molecular weight excluding hydrogens is 410 g/mol. The van der Waals surface area contributed by atoms with E-state index in [0.717, 1.165) is 26.7 Å². The molecule has 0 saturated carbocycles. The van der Waals surface area contributed by atoms with Crippen molar-refractivity contribution in [3.8, 4) is 28.0 Å². The average Bonchev–Trinajstić information content (AvgIpc) is 3.28. The lowest BCUT2D eigenvalue weighted by Crippen LogP contribution is -2.46. The highest BCUT2D eigenvalue weighted by Gasteiger charge is 2.25. The Kier molecular flexibility index (Phi) is 7.11. The number of benzene rings is 1. The largest absolute Gasteiger partial charge is 0.340 e. The van der Waals surface area contributed by atoms with Crippen LogP contribution in [0.25, 0.3) is 21.8 Å². The van der Waals surface area contributed by atoms with E-state index in [-0.39, 0.29) is 11.8 Å². The van der Waals surface area contributed by atoms with E-state index in [0.29, 0.717) is 12.0 Å². The third-order valence-corrected chi connectivity index (χ3v) is 5.54. The van der Waals surface area contributed by atoms with Crippen molar-refractivity contribution in [3.05, 3.63) is 59.7 Å². The fourth-order valence-corrected chi connectivity index (χ4v) is 3.86. The highest BCUT2D eigenvalue weighted by molar-refractivity contribution is 7.13. The third-order valence-electron chi connectivity index (χ3n) is 4.65. The number of amides is 2. The number of carbonyl (C=O) groups is 2. The number of likely N-dealkylation sites (N-methyl/N-ethyl adjacent to an activating group) is 1. The van der Waals surface area contributed by atoms with Gasteiger partial charge in [0.15, 0.2) is 6.19 Å². The Labute approximate surface area is 185 Å². The summed E-state index contributed by atoms with van der Waals surface area (Å²) in [5.74, 6) is -0.597. The normalized spacial score (nSPS) is 11.6. The smallest absolute Gasteiger partial charge is 0.257 e. The van der Waals surface area contributed by atoms with Crippen molar-refractivity contribution in [1.29, 1.82) is 5.26 Å². The van der Waals surface area contributed by atoms with Gasteiger partial charge >= 0.3 is 0 Å². The van der Waals surface area contributed by atoms with E-state index in [1.807, 2.05) is 43.5 Å². The first kappa shape index (κ1) is 22.1. The van der Waals surface area contributed by atoms with Crippen LogP contribution in [0.3, 0.4) is 0 Å². The minimum absolute atomic E-state index is 0.183. The molecule has 2 aromatic heterocycles. The molecule has 0 aliphatic carbocycles. The molecule has 0 aliphatic heterocycles. The van der Waals surface area contributed by atoms with Crippen LogP contribution in [0, 0.1) is 17.4 Å². The molecule has 1 N–H and O–H groups in total. The second-order valence-corrected chi connectivity index (χ2v) is 8.37. The summed E-state index contributed by atoms with van der Waals surface area (Å²) in [6.45, 7) is 3.92. The Morgan fingerprint density at radius 2 is 1.94 bits per heavy atom. The lowest BCUT2D eigenvalue weighted by molar-refractivity contribution is -0.129. The molecule has 0 bridgehead atoms. The Morgan fingerprint density at radius 3 is 2.55 bits per heavy atom. The van der Waals surface area contributed by atoms with Gasteiger partial charge in [0.1, 0.15) is 11.0 Å². The van der Waals surface area contributed by atoms with Gasteiger partial charge in [-0.25, -0.2) is 4.98 Å². The minimum atomic E-state index is -0.752. The Balaban J connectivity index is 1.73. The highest BCUT2D eigenvalue weighted by Crippen LogP contribution is 2.28. The first-order chi connectivity index (χ1) is 14.9. The minimum Gasteiger partial charge on any atom is -0.340 e. The molecule has 31 heavy (non-hydrogen) atoms. The van der Waals surface area contributed by atoms with Gasteiger partial charge in [0, 0.05) is 41.5 Å². The zero-order valence-corrected chi connectivity index (χ0v) is 18.4. The summed E-state index contributed by atoms with van der Waals surface area (Å²) < 4.78 is 0. The van der Waals surface area contributed by atoms with Gasteiger partial charge in [-0.15, -0.1) is 11.3 Å². The van der Waals surface area contributed by atoms with Crippen molar-refractivity contribution in [2.24, 2.45) is 5.92 Å². The molecule has 158 valence electrons. The molecule has 0 aliphatic rings. The van der Waals surface area contributed by atoms with Gasteiger partial charge < -0.3 is 5.32 Å². The van der Waals surface area contributed by atoms with Gasteiger partial charge in [-0.1, -0.05) is 26.0 Å². The van der Waals surface area contributed by atoms with Gasteiger partial charge in [0.25, 0.3) is 11.8 Å². The van der Waals surface area contributed by atoms with Crippen molar-refractivity contribution in [2.45, 2.75) is 26.3 Å². The van der Waals surface area contributed by atoms with Crippen LogP contribution >= 0.6 is 11.3 Å². The summed E-state index contributed by atoms with van der Waals surface area (Å²) in [6, 6.07) is 10.2. The number of hydrogen-bond acceptors (Lipinski definition) is 6.